The highest BCUT2D eigenvalue weighted by molar-refractivity contribution is 5.99. The van der Waals surface area contributed by atoms with E-state index in [1.165, 1.54) is 13.8 Å². The molecule has 0 aliphatic carbocycles. The summed E-state index contributed by atoms with van der Waals surface area (Å²) in [6.07, 6.45) is 0. The molecule has 1 atom stereocenters. The van der Waals surface area contributed by atoms with E-state index in [1.54, 1.807) is 0 Å². The predicted molar refractivity (Wildman–Crippen MR) is 45.9 cm³/mol. The summed E-state index contributed by atoms with van der Waals surface area (Å²) < 4.78 is 0. The number of amides is 1. The van der Waals surface area contributed by atoms with Gasteiger partial charge in [-0.2, -0.15) is 0 Å². The maximum atomic E-state index is 11.2. The Bertz CT molecular complexity index is 189. The fourth-order valence-electron chi connectivity index (χ4n) is 0.660. The lowest BCUT2D eigenvalue weighted by Crippen LogP contribution is -2.43. The smallest absolute Gasteiger partial charge is 0.230 e. The van der Waals surface area contributed by atoms with E-state index in [0.29, 0.717) is 0 Å². The van der Waals surface area contributed by atoms with Gasteiger partial charge in [-0.1, -0.05) is 0 Å². The minimum Gasteiger partial charge on any atom is -0.394 e. The van der Waals surface area contributed by atoms with Gasteiger partial charge in [-0.15, -0.1) is 0 Å². The molecule has 0 rings (SSSR count). The minimum absolute atomic E-state index is 0.243. The molecular formula is C8H15NO4. The van der Waals surface area contributed by atoms with E-state index in [9.17, 15) is 9.59 Å². The molecule has 0 radical (unpaired) electrons. The Morgan fingerprint density at radius 3 is 2.08 bits per heavy atom. The molecule has 3 N–H and O–H groups in total. The first-order valence-corrected chi connectivity index (χ1v) is 4.05. The fraction of sp³-hybridized carbons (Fsp3) is 0.750. The quantitative estimate of drug-likeness (QED) is 0.468. The van der Waals surface area contributed by atoms with Crippen LogP contribution in [0.1, 0.15) is 13.8 Å². The Balaban J connectivity index is 4.05. The van der Waals surface area contributed by atoms with Crippen LogP contribution in [-0.4, -0.2) is 41.2 Å². The van der Waals surface area contributed by atoms with Gasteiger partial charge in [0.25, 0.3) is 0 Å². The molecule has 76 valence electrons. The van der Waals surface area contributed by atoms with Gasteiger partial charge in [-0.25, -0.2) is 0 Å². The van der Waals surface area contributed by atoms with Gasteiger partial charge in [0.2, 0.25) is 5.91 Å². The van der Waals surface area contributed by atoms with E-state index in [4.69, 9.17) is 10.2 Å². The highest BCUT2D eigenvalue weighted by Gasteiger charge is 2.19. The van der Waals surface area contributed by atoms with Crippen molar-refractivity contribution in [3.8, 4) is 0 Å². The minimum atomic E-state index is -0.736. The number of aliphatic hydroxyl groups is 2. The first-order valence-electron chi connectivity index (χ1n) is 4.05. The first-order chi connectivity index (χ1) is 6.02. The van der Waals surface area contributed by atoms with Crippen LogP contribution in [0.5, 0.6) is 0 Å². The van der Waals surface area contributed by atoms with Crippen molar-refractivity contribution >= 4 is 11.7 Å². The zero-order valence-corrected chi connectivity index (χ0v) is 7.78. The lowest BCUT2D eigenvalue weighted by molar-refractivity contribution is -0.133. The molecule has 5 heteroatoms. The van der Waals surface area contributed by atoms with Crippen molar-refractivity contribution in [1.82, 2.24) is 5.32 Å². The number of aliphatic hydroxyl groups excluding tert-OH is 2. The Morgan fingerprint density at radius 2 is 1.77 bits per heavy atom. The van der Waals surface area contributed by atoms with Crippen molar-refractivity contribution in [2.45, 2.75) is 19.9 Å². The lowest BCUT2D eigenvalue weighted by atomic mass is 10.1. The monoisotopic (exact) mass is 189 g/mol. The van der Waals surface area contributed by atoms with Crippen LogP contribution in [0.25, 0.3) is 0 Å². The Hall–Kier alpha value is -0.940. The third kappa shape index (κ3) is 4.00. The zero-order valence-electron chi connectivity index (χ0n) is 7.78. The number of carbonyl (C=O) groups excluding carboxylic acids is 2. The van der Waals surface area contributed by atoms with Gasteiger partial charge in [0.1, 0.15) is 5.78 Å². The summed E-state index contributed by atoms with van der Waals surface area (Å²) in [6, 6.07) is -0.686. The van der Waals surface area contributed by atoms with Crippen LogP contribution in [0.3, 0.4) is 0 Å². The molecule has 13 heavy (non-hydrogen) atoms. The van der Waals surface area contributed by atoms with Crippen LogP contribution < -0.4 is 5.32 Å². The standard InChI is InChI=1S/C8H15NO4/c1-5(6(2)12)8(13)9-7(3-10)4-11/h5,7,10-11H,3-4H2,1-2H3,(H,9,13). The van der Waals surface area contributed by atoms with Gasteiger partial charge in [0.15, 0.2) is 0 Å². The molecule has 0 fully saturated rings. The third-order valence-corrected chi connectivity index (χ3v) is 1.79. The molecule has 0 aliphatic rings. The number of nitrogens with one attached hydrogen (secondary N) is 1. The molecule has 0 aromatic carbocycles. The van der Waals surface area contributed by atoms with Crippen molar-refractivity contribution in [3.05, 3.63) is 0 Å². The largest absolute Gasteiger partial charge is 0.394 e. The van der Waals surface area contributed by atoms with Crippen LogP contribution in [0.2, 0.25) is 0 Å². The Kier molecular flexibility index (Phi) is 5.25. The van der Waals surface area contributed by atoms with Crippen LogP contribution >= 0.6 is 0 Å². The molecule has 0 aromatic heterocycles. The summed E-state index contributed by atoms with van der Waals surface area (Å²) in [4.78, 5) is 21.9. The van der Waals surface area contributed by atoms with Gasteiger partial charge in [0, 0.05) is 0 Å². The maximum Gasteiger partial charge on any atom is 0.230 e. The van der Waals surface area contributed by atoms with E-state index in [2.05, 4.69) is 5.32 Å². The van der Waals surface area contributed by atoms with Crippen LogP contribution in [0, 0.1) is 5.92 Å². The number of carbonyl (C=O) groups is 2. The lowest BCUT2D eigenvalue weighted by Gasteiger charge is -2.15. The molecule has 0 bridgehead atoms. The maximum absolute atomic E-state index is 11.2. The molecule has 1 unspecified atom stereocenters. The first kappa shape index (κ1) is 12.1. The predicted octanol–water partition coefficient (Wildman–Crippen LogP) is -1.32. The van der Waals surface area contributed by atoms with Crippen molar-refractivity contribution in [3.63, 3.8) is 0 Å². The van der Waals surface area contributed by atoms with Gasteiger partial charge in [-0.3, -0.25) is 9.59 Å². The van der Waals surface area contributed by atoms with E-state index >= 15 is 0 Å². The van der Waals surface area contributed by atoms with Gasteiger partial charge in [0.05, 0.1) is 25.2 Å². The van der Waals surface area contributed by atoms with E-state index < -0.39 is 17.9 Å². The summed E-state index contributed by atoms with van der Waals surface area (Å²) >= 11 is 0. The average Bonchev–Trinajstić information content (AvgIpc) is 2.12. The molecule has 0 heterocycles. The molecule has 0 aromatic rings. The summed E-state index contributed by atoms with van der Waals surface area (Å²) in [5.74, 6) is -1.45. The molecule has 0 aliphatic heterocycles. The fourth-order valence-corrected chi connectivity index (χ4v) is 0.660. The number of Topliss-reactive ketones (excluding diaryl/α,β-unsaturated/α-hetero) is 1. The summed E-state index contributed by atoms with van der Waals surface area (Å²) in [7, 11) is 0. The van der Waals surface area contributed by atoms with Crippen LogP contribution in [-0.2, 0) is 9.59 Å². The third-order valence-electron chi connectivity index (χ3n) is 1.79. The van der Waals surface area contributed by atoms with Crippen LogP contribution in [0.4, 0.5) is 0 Å². The number of hydrogen-bond acceptors (Lipinski definition) is 4. The van der Waals surface area contributed by atoms with Crippen molar-refractivity contribution in [2.75, 3.05) is 13.2 Å². The Morgan fingerprint density at radius 1 is 1.31 bits per heavy atom. The van der Waals surface area contributed by atoms with Gasteiger partial charge >= 0.3 is 0 Å². The SMILES string of the molecule is CC(=O)C(C)C(=O)NC(CO)CO. The molecular weight excluding hydrogens is 174 g/mol. The second-order valence-electron chi connectivity index (χ2n) is 2.90. The molecule has 0 saturated heterocycles. The van der Waals surface area contributed by atoms with Crippen molar-refractivity contribution in [1.29, 1.82) is 0 Å². The Labute approximate surface area is 76.8 Å². The van der Waals surface area contributed by atoms with E-state index in [-0.39, 0.29) is 19.0 Å². The second kappa shape index (κ2) is 5.66. The number of rotatable bonds is 5. The summed E-state index contributed by atoms with van der Waals surface area (Å²) in [5.41, 5.74) is 0. The molecule has 5 nitrogen and oxygen atoms in total. The van der Waals surface area contributed by atoms with Gasteiger partial charge in [-0.05, 0) is 13.8 Å². The van der Waals surface area contributed by atoms with Gasteiger partial charge < -0.3 is 15.5 Å². The second-order valence-corrected chi connectivity index (χ2v) is 2.90. The number of ketones is 1. The highest BCUT2D eigenvalue weighted by atomic mass is 16.3. The molecule has 0 saturated carbocycles. The molecule has 1 amide bonds. The van der Waals surface area contributed by atoms with Crippen molar-refractivity contribution in [2.24, 2.45) is 5.92 Å². The highest BCUT2D eigenvalue weighted by Crippen LogP contribution is 1.96. The van der Waals surface area contributed by atoms with E-state index in [0.717, 1.165) is 0 Å². The average molecular weight is 189 g/mol. The van der Waals surface area contributed by atoms with E-state index in [1.807, 2.05) is 0 Å². The normalized spacial score (nSPS) is 12.7. The summed E-state index contributed by atoms with van der Waals surface area (Å²) in [5, 5.41) is 19.6. The topological polar surface area (TPSA) is 86.6 Å². The summed E-state index contributed by atoms with van der Waals surface area (Å²) in [6.45, 7) is 2.11. The van der Waals surface area contributed by atoms with Crippen LogP contribution in [0.15, 0.2) is 0 Å². The number of hydrogen-bond donors (Lipinski definition) is 3. The molecule has 0 spiro atoms. The zero-order chi connectivity index (χ0) is 10.4. The van der Waals surface area contributed by atoms with Crippen molar-refractivity contribution < 1.29 is 19.8 Å².